The summed E-state index contributed by atoms with van der Waals surface area (Å²) in [4.78, 5) is 26.7. The molecular weight excluding hydrogens is 386 g/mol. The molecule has 0 aliphatic carbocycles. The summed E-state index contributed by atoms with van der Waals surface area (Å²) in [6.45, 7) is 2.29. The van der Waals surface area contributed by atoms with Gasteiger partial charge in [0, 0.05) is 12.6 Å². The van der Waals surface area contributed by atoms with Crippen molar-refractivity contribution < 1.29 is 19.2 Å². The maximum atomic E-state index is 11.6. The Labute approximate surface area is 173 Å². The van der Waals surface area contributed by atoms with Crippen molar-refractivity contribution in [3.05, 3.63) is 69.9 Å². The van der Waals surface area contributed by atoms with Crippen LogP contribution in [0.4, 0.5) is 5.69 Å². The van der Waals surface area contributed by atoms with E-state index in [-0.39, 0.29) is 18.2 Å². The lowest BCUT2D eigenvalue weighted by Crippen LogP contribution is -2.28. The molecule has 3 aromatic rings. The first-order chi connectivity index (χ1) is 14.5. The molecule has 3 rings (SSSR count). The van der Waals surface area contributed by atoms with Crippen molar-refractivity contribution in [3.8, 4) is 11.5 Å². The van der Waals surface area contributed by atoms with Crippen LogP contribution in [0.1, 0.15) is 18.2 Å². The van der Waals surface area contributed by atoms with E-state index in [0.29, 0.717) is 34.6 Å². The lowest BCUT2D eigenvalue weighted by atomic mass is 10.1. The number of amides is 1. The number of methoxy groups -OCH3 is 1. The highest BCUT2D eigenvalue weighted by Crippen LogP contribution is 2.29. The number of benzene rings is 2. The van der Waals surface area contributed by atoms with E-state index in [0.717, 1.165) is 5.56 Å². The summed E-state index contributed by atoms with van der Waals surface area (Å²) >= 11 is 0. The first-order valence-corrected chi connectivity index (χ1v) is 9.31. The molecule has 8 nitrogen and oxygen atoms in total. The monoisotopic (exact) mass is 407 g/mol. The average molecular weight is 407 g/mol. The largest absolute Gasteiger partial charge is 0.493 e. The van der Waals surface area contributed by atoms with Gasteiger partial charge in [0.1, 0.15) is 0 Å². The number of hydrogen-bond acceptors (Lipinski definition) is 6. The zero-order valence-corrected chi connectivity index (χ0v) is 16.6. The van der Waals surface area contributed by atoms with Crippen LogP contribution in [0.3, 0.4) is 0 Å². The third kappa shape index (κ3) is 4.91. The van der Waals surface area contributed by atoms with Gasteiger partial charge in [-0.25, -0.2) is 4.98 Å². The summed E-state index contributed by atoms with van der Waals surface area (Å²) in [5, 5.41) is 14.3. The van der Waals surface area contributed by atoms with E-state index in [2.05, 4.69) is 10.3 Å². The quantitative estimate of drug-likeness (QED) is 0.449. The normalized spacial score (nSPS) is 10.9. The number of ether oxygens (including phenoxy) is 2. The third-order valence-corrected chi connectivity index (χ3v) is 4.29. The van der Waals surface area contributed by atoms with Gasteiger partial charge in [0.2, 0.25) is 0 Å². The number of pyridine rings is 1. The zero-order chi connectivity index (χ0) is 21.5. The van der Waals surface area contributed by atoms with Gasteiger partial charge in [0.15, 0.2) is 18.1 Å². The van der Waals surface area contributed by atoms with Gasteiger partial charge in [-0.1, -0.05) is 18.2 Å². The fourth-order valence-corrected chi connectivity index (χ4v) is 2.89. The maximum Gasteiger partial charge on any atom is 0.278 e. The number of carbonyl (C=O) groups is 1. The number of hydrogen-bond donors (Lipinski definition) is 1. The van der Waals surface area contributed by atoms with Gasteiger partial charge < -0.3 is 14.8 Å². The van der Waals surface area contributed by atoms with E-state index in [4.69, 9.17) is 9.47 Å². The second kappa shape index (κ2) is 9.51. The third-order valence-electron chi connectivity index (χ3n) is 4.29. The van der Waals surface area contributed by atoms with Gasteiger partial charge in [-0.3, -0.25) is 14.9 Å². The number of rotatable bonds is 8. The molecule has 0 radical (unpaired) electrons. The minimum atomic E-state index is -0.415. The van der Waals surface area contributed by atoms with Crippen molar-refractivity contribution >= 4 is 34.6 Å². The Hall–Kier alpha value is -3.94. The van der Waals surface area contributed by atoms with Gasteiger partial charge in [-0.15, -0.1) is 0 Å². The smallest absolute Gasteiger partial charge is 0.278 e. The van der Waals surface area contributed by atoms with Gasteiger partial charge in [-0.2, -0.15) is 0 Å². The highest BCUT2D eigenvalue weighted by molar-refractivity contribution is 5.89. The van der Waals surface area contributed by atoms with E-state index in [9.17, 15) is 14.9 Å². The number of aromatic nitrogens is 1. The first kappa shape index (κ1) is 20.8. The molecule has 0 fully saturated rings. The summed E-state index contributed by atoms with van der Waals surface area (Å²) in [6.07, 6.45) is 3.66. The molecule has 0 saturated carbocycles. The molecule has 0 aliphatic heterocycles. The molecule has 30 heavy (non-hydrogen) atoms. The SMILES string of the molecule is CCNC(=O)COc1ccc(/C=C/c2ccc3c([N+](=O)[O-])cccc3n2)cc1OC. The molecule has 0 bridgehead atoms. The number of nitro benzene ring substituents is 1. The van der Waals surface area contributed by atoms with Crippen LogP contribution in [0.15, 0.2) is 48.5 Å². The Bertz CT molecular complexity index is 1110. The Balaban J connectivity index is 1.78. The second-order valence-corrected chi connectivity index (χ2v) is 6.32. The molecule has 0 unspecified atom stereocenters. The molecular formula is C22H21N3O5. The number of non-ortho nitro benzene ring substituents is 1. The topological polar surface area (TPSA) is 104 Å². The number of nitrogens with zero attached hydrogens (tertiary/aromatic N) is 2. The van der Waals surface area contributed by atoms with Crippen molar-refractivity contribution in [2.45, 2.75) is 6.92 Å². The van der Waals surface area contributed by atoms with Gasteiger partial charge in [-0.05, 0) is 48.9 Å². The zero-order valence-electron chi connectivity index (χ0n) is 16.6. The fourth-order valence-electron chi connectivity index (χ4n) is 2.89. The number of nitro groups is 1. The first-order valence-electron chi connectivity index (χ1n) is 9.31. The van der Waals surface area contributed by atoms with Crippen LogP contribution in [0.25, 0.3) is 23.1 Å². The van der Waals surface area contributed by atoms with Crippen molar-refractivity contribution in [2.24, 2.45) is 0 Å². The minimum Gasteiger partial charge on any atom is -0.493 e. The fraction of sp³-hybridized carbons (Fsp3) is 0.182. The molecule has 1 heterocycles. The molecule has 2 aromatic carbocycles. The lowest BCUT2D eigenvalue weighted by Gasteiger charge is -2.11. The second-order valence-electron chi connectivity index (χ2n) is 6.32. The molecule has 0 spiro atoms. The maximum absolute atomic E-state index is 11.6. The highest BCUT2D eigenvalue weighted by atomic mass is 16.6. The molecule has 1 aromatic heterocycles. The molecule has 0 saturated heterocycles. The van der Waals surface area contributed by atoms with Crippen LogP contribution in [-0.2, 0) is 4.79 Å². The summed E-state index contributed by atoms with van der Waals surface area (Å²) in [7, 11) is 1.53. The van der Waals surface area contributed by atoms with Crippen LogP contribution in [0.2, 0.25) is 0 Å². The van der Waals surface area contributed by atoms with Crippen molar-refractivity contribution in [1.82, 2.24) is 10.3 Å². The van der Waals surface area contributed by atoms with Gasteiger partial charge in [0.25, 0.3) is 11.6 Å². The van der Waals surface area contributed by atoms with E-state index in [1.807, 2.05) is 25.1 Å². The predicted molar refractivity (Wildman–Crippen MR) is 114 cm³/mol. The Morgan fingerprint density at radius 1 is 1.17 bits per heavy atom. The van der Waals surface area contributed by atoms with Crippen LogP contribution < -0.4 is 14.8 Å². The van der Waals surface area contributed by atoms with E-state index in [1.54, 1.807) is 36.4 Å². The summed E-state index contributed by atoms with van der Waals surface area (Å²) in [6, 6.07) is 13.6. The predicted octanol–water partition coefficient (Wildman–Crippen LogP) is 3.84. The molecule has 0 aliphatic rings. The van der Waals surface area contributed by atoms with Crippen molar-refractivity contribution in [3.63, 3.8) is 0 Å². The van der Waals surface area contributed by atoms with Gasteiger partial charge >= 0.3 is 0 Å². The highest BCUT2D eigenvalue weighted by Gasteiger charge is 2.11. The number of nitrogens with one attached hydrogen (secondary N) is 1. The van der Waals surface area contributed by atoms with Crippen molar-refractivity contribution in [1.29, 1.82) is 0 Å². The molecule has 0 atom stereocenters. The average Bonchev–Trinajstić information content (AvgIpc) is 2.75. The van der Waals surface area contributed by atoms with Crippen LogP contribution >= 0.6 is 0 Å². The standard InChI is InChI=1S/C22H21N3O5/c1-3-23-22(26)14-30-20-12-8-15(13-21(20)29-2)7-9-16-10-11-17-18(24-16)5-4-6-19(17)25(27)28/h4-13H,3,14H2,1-2H3,(H,23,26)/b9-7+. The molecule has 1 amide bonds. The molecule has 8 heteroatoms. The number of likely N-dealkylation sites (N-methyl/N-ethyl adjacent to an activating group) is 1. The van der Waals surface area contributed by atoms with E-state index >= 15 is 0 Å². The summed E-state index contributed by atoms with van der Waals surface area (Å²) in [5.74, 6) is 0.770. The minimum absolute atomic E-state index is 0.0310. The Kier molecular flexibility index (Phi) is 6.59. The summed E-state index contributed by atoms with van der Waals surface area (Å²) < 4.78 is 10.9. The number of carbonyl (C=O) groups excluding carboxylic acids is 1. The number of fused-ring (bicyclic) bond motifs is 1. The van der Waals surface area contributed by atoms with Gasteiger partial charge in [0.05, 0.1) is 28.6 Å². The molecule has 154 valence electrons. The Morgan fingerprint density at radius 2 is 2.00 bits per heavy atom. The van der Waals surface area contributed by atoms with Crippen LogP contribution in [0, 0.1) is 10.1 Å². The molecule has 1 N–H and O–H groups in total. The lowest BCUT2D eigenvalue weighted by molar-refractivity contribution is -0.383. The van der Waals surface area contributed by atoms with Crippen LogP contribution in [0.5, 0.6) is 11.5 Å². The summed E-state index contributed by atoms with van der Waals surface area (Å²) in [5.41, 5.74) is 2.10. The Morgan fingerprint density at radius 3 is 2.73 bits per heavy atom. The van der Waals surface area contributed by atoms with Crippen LogP contribution in [-0.4, -0.2) is 36.1 Å². The van der Waals surface area contributed by atoms with Crippen molar-refractivity contribution in [2.75, 3.05) is 20.3 Å². The van der Waals surface area contributed by atoms with E-state index < -0.39 is 4.92 Å². The van der Waals surface area contributed by atoms with E-state index in [1.165, 1.54) is 13.2 Å².